The number of likely N-dealkylation sites (N-methyl/N-ethyl adjacent to an activating group) is 1. The Morgan fingerprint density at radius 2 is 1.86 bits per heavy atom. The quantitative estimate of drug-likeness (QED) is 0.943. The van der Waals surface area contributed by atoms with Crippen LogP contribution in [0.25, 0.3) is 10.8 Å². The summed E-state index contributed by atoms with van der Waals surface area (Å²) in [5.41, 5.74) is 0.781. The van der Waals surface area contributed by atoms with Crippen molar-refractivity contribution in [2.45, 2.75) is 13.3 Å². The van der Waals surface area contributed by atoms with Crippen molar-refractivity contribution in [1.82, 2.24) is 4.90 Å². The average Bonchev–Trinajstić information content (AvgIpc) is 3.23. The van der Waals surface area contributed by atoms with E-state index in [1.807, 2.05) is 42.5 Å². The topological polar surface area (TPSA) is 49.4 Å². The molecular formula is C18H20N2O2. The minimum Gasteiger partial charge on any atom is -0.336 e. The van der Waals surface area contributed by atoms with Gasteiger partial charge >= 0.3 is 0 Å². The second-order valence-corrected chi connectivity index (χ2v) is 6.09. The Morgan fingerprint density at radius 3 is 2.59 bits per heavy atom. The van der Waals surface area contributed by atoms with Gasteiger partial charge in [0.2, 0.25) is 11.8 Å². The van der Waals surface area contributed by atoms with Crippen LogP contribution in [0.15, 0.2) is 42.5 Å². The fourth-order valence-electron chi connectivity index (χ4n) is 2.77. The minimum absolute atomic E-state index is 0.0700. The Labute approximate surface area is 130 Å². The Kier molecular flexibility index (Phi) is 3.84. The first-order valence-corrected chi connectivity index (χ1v) is 7.59. The van der Waals surface area contributed by atoms with Gasteiger partial charge in [0.1, 0.15) is 0 Å². The lowest BCUT2D eigenvalue weighted by Gasteiger charge is -2.17. The Balaban J connectivity index is 1.67. The van der Waals surface area contributed by atoms with Crippen LogP contribution in [0.2, 0.25) is 0 Å². The van der Waals surface area contributed by atoms with Gasteiger partial charge in [0, 0.05) is 24.0 Å². The predicted octanol–water partition coefficient (Wildman–Crippen LogP) is 2.89. The zero-order valence-electron chi connectivity index (χ0n) is 12.9. The molecule has 4 heteroatoms. The number of carbonyl (C=O) groups excluding carboxylic acids is 2. The van der Waals surface area contributed by atoms with Gasteiger partial charge in [-0.15, -0.1) is 0 Å². The van der Waals surface area contributed by atoms with E-state index in [9.17, 15) is 9.59 Å². The fraction of sp³-hybridized carbons (Fsp3) is 0.333. The summed E-state index contributed by atoms with van der Waals surface area (Å²) in [7, 11) is 1.69. The summed E-state index contributed by atoms with van der Waals surface area (Å²) in [5.74, 6) is 0.465. The summed E-state index contributed by atoms with van der Waals surface area (Å²) in [6.07, 6.45) is 0.939. The van der Waals surface area contributed by atoms with Gasteiger partial charge < -0.3 is 10.2 Å². The third-order valence-electron chi connectivity index (χ3n) is 4.25. The van der Waals surface area contributed by atoms with Gasteiger partial charge in [0.25, 0.3) is 0 Å². The Bertz CT molecular complexity index is 721. The number of hydrogen-bond acceptors (Lipinski definition) is 2. The number of benzene rings is 2. The van der Waals surface area contributed by atoms with E-state index in [-0.39, 0.29) is 24.3 Å². The van der Waals surface area contributed by atoms with E-state index < -0.39 is 0 Å². The summed E-state index contributed by atoms with van der Waals surface area (Å²) in [6, 6.07) is 13.7. The van der Waals surface area contributed by atoms with Crippen LogP contribution >= 0.6 is 0 Å². The van der Waals surface area contributed by atoms with Crippen LogP contribution in [0.4, 0.5) is 5.69 Å². The maximum absolute atomic E-state index is 12.2. The number of nitrogens with zero attached hydrogens (tertiary/aromatic N) is 1. The summed E-state index contributed by atoms with van der Waals surface area (Å²) in [4.78, 5) is 25.8. The van der Waals surface area contributed by atoms with E-state index in [2.05, 4.69) is 12.2 Å². The molecule has 0 heterocycles. The molecule has 2 atom stereocenters. The van der Waals surface area contributed by atoms with Crippen molar-refractivity contribution in [2.24, 2.45) is 11.8 Å². The number of hydrogen-bond donors (Lipinski definition) is 1. The maximum atomic E-state index is 12.2. The van der Waals surface area contributed by atoms with Gasteiger partial charge in [-0.25, -0.2) is 0 Å². The highest BCUT2D eigenvalue weighted by Gasteiger charge is 2.40. The molecule has 22 heavy (non-hydrogen) atoms. The monoisotopic (exact) mass is 296 g/mol. The van der Waals surface area contributed by atoms with Crippen LogP contribution in [0.5, 0.6) is 0 Å². The number of rotatable bonds is 4. The molecule has 2 aromatic rings. The molecule has 1 aliphatic rings. The van der Waals surface area contributed by atoms with E-state index in [0.717, 1.165) is 22.9 Å². The second kappa shape index (κ2) is 5.79. The van der Waals surface area contributed by atoms with Crippen LogP contribution in [-0.4, -0.2) is 30.3 Å². The molecule has 1 N–H and O–H groups in total. The van der Waals surface area contributed by atoms with Gasteiger partial charge in [-0.1, -0.05) is 43.3 Å². The Hall–Kier alpha value is -2.36. The number of anilines is 1. The van der Waals surface area contributed by atoms with Crippen molar-refractivity contribution in [3.8, 4) is 0 Å². The molecule has 0 spiro atoms. The molecule has 1 aliphatic carbocycles. The van der Waals surface area contributed by atoms with E-state index >= 15 is 0 Å². The van der Waals surface area contributed by atoms with Gasteiger partial charge in [0.15, 0.2) is 0 Å². The van der Waals surface area contributed by atoms with Gasteiger partial charge in [0.05, 0.1) is 6.54 Å². The standard InChI is InChI=1S/C18H20N2O2/c1-12-10-15(12)18(22)20(2)11-17(21)19-16-9-5-7-13-6-3-4-8-14(13)16/h3-9,12,15H,10-11H2,1-2H3,(H,19,21)/t12-,15-/m0/s1. The smallest absolute Gasteiger partial charge is 0.244 e. The summed E-state index contributed by atoms with van der Waals surface area (Å²) < 4.78 is 0. The van der Waals surface area contributed by atoms with E-state index in [1.165, 1.54) is 4.90 Å². The van der Waals surface area contributed by atoms with Crippen molar-refractivity contribution >= 4 is 28.3 Å². The third kappa shape index (κ3) is 2.96. The molecule has 2 aromatic carbocycles. The number of nitrogens with one attached hydrogen (secondary N) is 1. The predicted molar refractivity (Wildman–Crippen MR) is 87.5 cm³/mol. The first kappa shape index (κ1) is 14.6. The fourth-order valence-corrected chi connectivity index (χ4v) is 2.77. The highest BCUT2D eigenvalue weighted by molar-refractivity contribution is 6.03. The molecule has 0 bridgehead atoms. The molecule has 0 aromatic heterocycles. The normalized spacial score (nSPS) is 19.7. The maximum Gasteiger partial charge on any atom is 0.244 e. The molecule has 0 saturated heterocycles. The minimum atomic E-state index is -0.166. The number of carbonyl (C=O) groups is 2. The molecule has 1 saturated carbocycles. The summed E-state index contributed by atoms with van der Waals surface area (Å²) in [5, 5.41) is 4.99. The molecule has 1 fully saturated rings. The lowest BCUT2D eigenvalue weighted by Crippen LogP contribution is -2.36. The SMILES string of the molecule is C[C@H]1C[C@@H]1C(=O)N(C)CC(=O)Nc1cccc2ccccc12. The zero-order chi connectivity index (χ0) is 15.7. The van der Waals surface area contributed by atoms with Crippen LogP contribution in [0, 0.1) is 11.8 Å². The van der Waals surface area contributed by atoms with Crippen LogP contribution in [0.3, 0.4) is 0 Å². The first-order chi connectivity index (χ1) is 10.6. The van der Waals surface area contributed by atoms with Crippen LogP contribution < -0.4 is 5.32 Å². The molecule has 114 valence electrons. The Morgan fingerprint density at radius 1 is 1.18 bits per heavy atom. The number of amides is 2. The second-order valence-electron chi connectivity index (χ2n) is 6.09. The van der Waals surface area contributed by atoms with Gasteiger partial charge in [-0.3, -0.25) is 9.59 Å². The lowest BCUT2D eigenvalue weighted by molar-refractivity contribution is -0.134. The largest absolute Gasteiger partial charge is 0.336 e. The number of fused-ring (bicyclic) bond motifs is 1. The van der Waals surface area contributed by atoms with Crippen molar-refractivity contribution in [2.75, 3.05) is 18.9 Å². The summed E-state index contributed by atoms with van der Waals surface area (Å²) >= 11 is 0. The van der Waals surface area contributed by atoms with E-state index in [0.29, 0.717) is 5.92 Å². The summed E-state index contributed by atoms with van der Waals surface area (Å²) in [6.45, 7) is 2.15. The molecular weight excluding hydrogens is 276 g/mol. The average molecular weight is 296 g/mol. The molecule has 0 radical (unpaired) electrons. The van der Waals surface area contributed by atoms with Crippen molar-refractivity contribution < 1.29 is 9.59 Å². The van der Waals surface area contributed by atoms with Crippen molar-refractivity contribution in [1.29, 1.82) is 0 Å². The van der Waals surface area contributed by atoms with Crippen molar-refractivity contribution in [3.63, 3.8) is 0 Å². The molecule has 3 rings (SSSR count). The third-order valence-corrected chi connectivity index (χ3v) is 4.25. The highest BCUT2D eigenvalue weighted by atomic mass is 16.2. The van der Waals surface area contributed by atoms with Crippen LogP contribution in [-0.2, 0) is 9.59 Å². The zero-order valence-corrected chi connectivity index (χ0v) is 12.9. The molecule has 4 nitrogen and oxygen atoms in total. The van der Waals surface area contributed by atoms with Crippen LogP contribution in [0.1, 0.15) is 13.3 Å². The van der Waals surface area contributed by atoms with E-state index in [1.54, 1.807) is 7.05 Å². The molecule has 0 aliphatic heterocycles. The van der Waals surface area contributed by atoms with Crippen molar-refractivity contribution in [3.05, 3.63) is 42.5 Å². The van der Waals surface area contributed by atoms with E-state index in [4.69, 9.17) is 0 Å². The lowest BCUT2D eigenvalue weighted by atomic mass is 10.1. The highest BCUT2D eigenvalue weighted by Crippen LogP contribution is 2.38. The molecule has 2 amide bonds. The first-order valence-electron chi connectivity index (χ1n) is 7.59. The van der Waals surface area contributed by atoms with Gasteiger partial charge in [-0.2, -0.15) is 0 Å². The molecule has 0 unspecified atom stereocenters. The van der Waals surface area contributed by atoms with Gasteiger partial charge in [-0.05, 0) is 23.8 Å².